The van der Waals surface area contributed by atoms with Gasteiger partial charge in [0.15, 0.2) is 0 Å². The van der Waals surface area contributed by atoms with Crippen molar-refractivity contribution in [2.45, 2.75) is 6.92 Å². The number of rotatable bonds is 10. The van der Waals surface area contributed by atoms with E-state index in [1.807, 2.05) is 24.3 Å². The maximum absolute atomic E-state index is 11.1. The lowest BCUT2D eigenvalue weighted by Crippen LogP contribution is -2.13. The second-order valence-corrected chi connectivity index (χ2v) is 5.56. The molecule has 0 bridgehead atoms. The van der Waals surface area contributed by atoms with Crippen molar-refractivity contribution >= 4 is 17.8 Å². The Balaban J connectivity index is 2.09. The van der Waals surface area contributed by atoms with Crippen LogP contribution in [-0.2, 0) is 14.4 Å². The van der Waals surface area contributed by atoms with Crippen molar-refractivity contribution in [1.82, 2.24) is 0 Å². The van der Waals surface area contributed by atoms with Crippen LogP contribution in [0.15, 0.2) is 59.4 Å². The molecule has 0 aliphatic heterocycles. The van der Waals surface area contributed by atoms with Crippen LogP contribution in [-0.4, -0.2) is 44.2 Å². The second-order valence-electron chi connectivity index (χ2n) is 5.56. The molecule has 0 spiro atoms. The number of hydrogen-bond acceptors (Lipinski definition) is 6. The molecule has 0 fully saturated rings. The Kier molecular flexibility index (Phi) is 7.90. The van der Waals surface area contributed by atoms with E-state index in [1.165, 1.54) is 13.2 Å². The number of carboxylic acid groups (broad SMARTS) is 1. The van der Waals surface area contributed by atoms with Gasteiger partial charge in [-0.25, -0.2) is 4.79 Å². The monoisotopic (exact) mass is 385 g/mol. The van der Waals surface area contributed by atoms with Gasteiger partial charge in [0.25, 0.3) is 0 Å². The van der Waals surface area contributed by atoms with Gasteiger partial charge in [-0.1, -0.05) is 29.4 Å². The first-order chi connectivity index (χ1) is 13.6. The fraction of sp³-hybridized carbons (Fsp3) is 0.238. The number of benzene rings is 2. The van der Waals surface area contributed by atoms with Gasteiger partial charge in [-0.15, -0.1) is 0 Å². The molecule has 0 aromatic heterocycles. The molecule has 0 radical (unpaired) electrons. The van der Waals surface area contributed by atoms with E-state index in [0.29, 0.717) is 22.8 Å². The Hall–Kier alpha value is -3.48. The van der Waals surface area contributed by atoms with E-state index in [4.69, 9.17) is 24.2 Å². The van der Waals surface area contributed by atoms with Gasteiger partial charge in [-0.2, -0.15) is 0 Å². The molecule has 0 amide bonds. The van der Waals surface area contributed by atoms with E-state index >= 15 is 0 Å². The highest BCUT2D eigenvalue weighted by atomic mass is 16.6. The number of carbonyl (C=O) groups is 1. The minimum Gasteiger partial charge on any atom is -0.497 e. The van der Waals surface area contributed by atoms with Crippen LogP contribution in [0.1, 0.15) is 18.1 Å². The molecular formula is C21H23NO6. The molecule has 28 heavy (non-hydrogen) atoms. The summed E-state index contributed by atoms with van der Waals surface area (Å²) in [4.78, 5) is 16.0. The lowest BCUT2D eigenvalue weighted by Gasteiger charge is -2.10. The van der Waals surface area contributed by atoms with E-state index in [1.54, 1.807) is 38.3 Å². The van der Waals surface area contributed by atoms with E-state index in [2.05, 4.69) is 5.16 Å². The third kappa shape index (κ3) is 6.05. The molecule has 2 rings (SSSR count). The normalized spacial score (nSPS) is 11.7. The predicted octanol–water partition coefficient (Wildman–Crippen LogP) is 3.59. The average Bonchev–Trinajstić information content (AvgIpc) is 2.71. The molecule has 7 heteroatoms. The smallest absolute Gasteiger partial charge is 0.371 e. The van der Waals surface area contributed by atoms with Crippen LogP contribution in [0.5, 0.6) is 11.5 Å². The van der Waals surface area contributed by atoms with Gasteiger partial charge in [-0.05, 0) is 42.8 Å². The number of methoxy groups -OCH3 is 1. The van der Waals surface area contributed by atoms with Crippen molar-refractivity contribution < 1.29 is 28.9 Å². The minimum absolute atomic E-state index is 0.108. The maximum Gasteiger partial charge on any atom is 0.371 e. The summed E-state index contributed by atoms with van der Waals surface area (Å²) in [7, 11) is 3.07. The molecule has 0 atom stereocenters. The lowest BCUT2D eigenvalue weighted by atomic mass is 10.1. The third-order valence-electron chi connectivity index (χ3n) is 3.67. The van der Waals surface area contributed by atoms with Crippen molar-refractivity contribution in [3.63, 3.8) is 0 Å². The number of carboxylic acids is 1. The third-order valence-corrected chi connectivity index (χ3v) is 3.67. The fourth-order valence-electron chi connectivity index (χ4n) is 2.36. The molecule has 7 nitrogen and oxygen atoms in total. The summed E-state index contributed by atoms with van der Waals surface area (Å²) in [5.74, 6) is 0.0997. The van der Waals surface area contributed by atoms with E-state index < -0.39 is 5.97 Å². The summed E-state index contributed by atoms with van der Waals surface area (Å²) < 4.78 is 16.1. The highest BCUT2D eigenvalue weighted by molar-refractivity contribution is 6.01. The Morgan fingerprint density at radius 2 is 1.86 bits per heavy atom. The summed E-state index contributed by atoms with van der Waals surface area (Å²) in [5.41, 5.74) is 2.12. The predicted molar refractivity (Wildman–Crippen MR) is 106 cm³/mol. The van der Waals surface area contributed by atoms with Crippen molar-refractivity contribution in [1.29, 1.82) is 0 Å². The molecule has 1 N–H and O–H groups in total. The van der Waals surface area contributed by atoms with Gasteiger partial charge in [-0.3, -0.25) is 0 Å². The Morgan fingerprint density at radius 3 is 2.46 bits per heavy atom. The molecule has 0 unspecified atom stereocenters. The molecule has 0 heterocycles. The Bertz CT molecular complexity index is 842. The SMILES string of the molecule is CCO/C(=C\c1ccc(OC/C(=N/OC)c2cccc(OC)c2)cc1)C(=O)O. The summed E-state index contributed by atoms with van der Waals surface area (Å²) >= 11 is 0. The fourth-order valence-corrected chi connectivity index (χ4v) is 2.36. The van der Waals surface area contributed by atoms with Gasteiger partial charge in [0.2, 0.25) is 5.76 Å². The van der Waals surface area contributed by atoms with Crippen LogP contribution >= 0.6 is 0 Å². The standard InChI is InChI=1S/C21H23NO6/c1-4-27-20(21(23)24)12-15-8-10-17(11-9-15)28-14-19(22-26-3)16-6-5-7-18(13-16)25-2/h5-13H,4,14H2,1-3H3,(H,23,24)/b20-12-,22-19-. The summed E-state index contributed by atoms with van der Waals surface area (Å²) in [6.07, 6.45) is 1.46. The molecule has 0 aliphatic carbocycles. The molecule has 148 valence electrons. The van der Waals surface area contributed by atoms with Crippen LogP contribution < -0.4 is 9.47 Å². The first-order valence-electron chi connectivity index (χ1n) is 8.62. The number of oxime groups is 1. The van der Waals surface area contributed by atoms with E-state index in [9.17, 15) is 4.79 Å². The highest BCUT2D eigenvalue weighted by Gasteiger charge is 2.09. The number of hydrogen-bond donors (Lipinski definition) is 1. The number of ether oxygens (including phenoxy) is 3. The zero-order chi connectivity index (χ0) is 20.4. The molecule has 2 aromatic rings. The van der Waals surface area contributed by atoms with E-state index in [0.717, 1.165) is 5.56 Å². The van der Waals surface area contributed by atoms with Crippen molar-refractivity contribution in [2.75, 3.05) is 27.4 Å². The summed E-state index contributed by atoms with van der Waals surface area (Å²) in [6, 6.07) is 14.4. The first-order valence-corrected chi connectivity index (χ1v) is 8.62. The van der Waals surface area contributed by atoms with Crippen LogP contribution in [0.25, 0.3) is 6.08 Å². The quantitative estimate of drug-likeness (QED) is 0.291. The van der Waals surface area contributed by atoms with Crippen molar-refractivity contribution in [3.8, 4) is 11.5 Å². The van der Waals surface area contributed by atoms with Gasteiger partial charge >= 0.3 is 5.97 Å². The molecule has 0 saturated heterocycles. The van der Waals surface area contributed by atoms with Gasteiger partial charge in [0.1, 0.15) is 30.9 Å². The first kappa shape index (κ1) is 20.8. The zero-order valence-corrected chi connectivity index (χ0v) is 16.0. The topological polar surface area (TPSA) is 86.6 Å². The van der Waals surface area contributed by atoms with Crippen LogP contribution in [0.2, 0.25) is 0 Å². The Morgan fingerprint density at radius 1 is 1.11 bits per heavy atom. The van der Waals surface area contributed by atoms with Gasteiger partial charge < -0.3 is 24.2 Å². The van der Waals surface area contributed by atoms with Crippen LogP contribution in [0.4, 0.5) is 0 Å². The average molecular weight is 385 g/mol. The summed E-state index contributed by atoms with van der Waals surface area (Å²) in [6.45, 7) is 2.20. The highest BCUT2D eigenvalue weighted by Crippen LogP contribution is 2.17. The zero-order valence-electron chi connectivity index (χ0n) is 16.0. The summed E-state index contributed by atoms with van der Waals surface area (Å²) in [5, 5.41) is 13.1. The minimum atomic E-state index is -1.11. The number of nitrogens with zero attached hydrogens (tertiary/aromatic N) is 1. The van der Waals surface area contributed by atoms with Crippen molar-refractivity contribution in [3.05, 3.63) is 65.4 Å². The van der Waals surface area contributed by atoms with Crippen LogP contribution in [0.3, 0.4) is 0 Å². The van der Waals surface area contributed by atoms with E-state index in [-0.39, 0.29) is 19.0 Å². The molecular weight excluding hydrogens is 362 g/mol. The van der Waals surface area contributed by atoms with Crippen LogP contribution in [0, 0.1) is 0 Å². The number of aliphatic carboxylic acids is 1. The Labute approximate surface area is 163 Å². The second kappa shape index (κ2) is 10.6. The molecule has 0 saturated carbocycles. The van der Waals surface area contributed by atoms with Crippen molar-refractivity contribution in [2.24, 2.45) is 5.16 Å². The van der Waals surface area contributed by atoms with Gasteiger partial charge in [0.05, 0.1) is 13.7 Å². The lowest BCUT2D eigenvalue weighted by molar-refractivity contribution is -0.136. The van der Waals surface area contributed by atoms with Gasteiger partial charge in [0, 0.05) is 5.56 Å². The largest absolute Gasteiger partial charge is 0.497 e. The molecule has 2 aromatic carbocycles. The molecule has 0 aliphatic rings. The maximum atomic E-state index is 11.1.